The number of carbonyl (C=O) groups is 1. The van der Waals surface area contributed by atoms with Crippen LogP contribution in [0.25, 0.3) is 5.69 Å². The Balaban J connectivity index is 2.43. The van der Waals surface area contributed by atoms with Crippen LogP contribution in [0.15, 0.2) is 30.3 Å². The van der Waals surface area contributed by atoms with E-state index in [9.17, 15) is 9.90 Å². The first kappa shape index (κ1) is 13.4. The highest BCUT2D eigenvalue weighted by molar-refractivity contribution is 5.89. The van der Waals surface area contributed by atoms with Crippen LogP contribution >= 0.6 is 0 Å². The number of nitrogens with zero attached hydrogens (tertiary/aromatic N) is 1. The van der Waals surface area contributed by atoms with E-state index >= 15 is 0 Å². The van der Waals surface area contributed by atoms with Crippen molar-refractivity contribution in [1.82, 2.24) is 4.57 Å². The monoisotopic (exact) mass is 259 g/mol. The standard InChI is InChI=1S/C15H17NO3/c1-10-8-13(9-17)11(2)16(10)14-6-4-12(5-7-14)15(18)19-3/h4-8,17H,9H2,1-3H3. The van der Waals surface area contributed by atoms with Crippen molar-refractivity contribution in [2.45, 2.75) is 20.5 Å². The molecule has 0 aliphatic carbocycles. The maximum absolute atomic E-state index is 11.4. The summed E-state index contributed by atoms with van der Waals surface area (Å²) in [5, 5.41) is 9.28. The third kappa shape index (κ3) is 2.39. The molecule has 0 amide bonds. The number of benzene rings is 1. The molecule has 1 N–H and O–H groups in total. The average Bonchev–Trinajstić information content (AvgIpc) is 2.72. The number of aromatic nitrogens is 1. The first-order valence-electron chi connectivity index (χ1n) is 6.06. The van der Waals surface area contributed by atoms with Crippen LogP contribution in [-0.2, 0) is 11.3 Å². The summed E-state index contributed by atoms with van der Waals surface area (Å²) >= 11 is 0. The van der Waals surface area contributed by atoms with E-state index in [1.807, 2.05) is 36.6 Å². The zero-order valence-electron chi connectivity index (χ0n) is 11.3. The van der Waals surface area contributed by atoms with Gasteiger partial charge in [-0.15, -0.1) is 0 Å². The van der Waals surface area contributed by atoms with Crippen LogP contribution in [0.1, 0.15) is 27.3 Å². The molecule has 2 aromatic rings. The summed E-state index contributed by atoms with van der Waals surface area (Å²) in [5.41, 5.74) is 4.45. The van der Waals surface area contributed by atoms with Crippen molar-refractivity contribution in [2.75, 3.05) is 7.11 Å². The van der Waals surface area contributed by atoms with Crippen molar-refractivity contribution in [1.29, 1.82) is 0 Å². The van der Waals surface area contributed by atoms with Crippen LogP contribution in [0.5, 0.6) is 0 Å². The van der Waals surface area contributed by atoms with Gasteiger partial charge in [-0.1, -0.05) is 0 Å². The van der Waals surface area contributed by atoms with Gasteiger partial charge in [0, 0.05) is 17.1 Å². The van der Waals surface area contributed by atoms with Crippen LogP contribution in [0.4, 0.5) is 0 Å². The molecule has 0 fully saturated rings. The van der Waals surface area contributed by atoms with Crippen molar-refractivity contribution >= 4 is 5.97 Å². The molecule has 1 aromatic carbocycles. The molecule has 1 aromatic heterocycles. The van der Waals surface area contributed by atoms with E-state index in [-0.39, 0.29) is 12.6 Å². The zero-order chi connectivity index (χ0) is 14.0. The molecule has 4 nitrogen and oxygen atoms in total. The molecule has 0 unspecified atom stereocenters. The minimum atomic E-state index is -0.344. The Hall–Kier alpha value is -2.07. The Morgan fingerprint density at radius 3 is 2.37 bits per heavy atom. The number of aliphatic hydroxyl groups excluding tert-OH is 1. The number of hydrogen-bond acceptors (Lipinski definition) is 3. The molecule has 0 saturated carbocycles. The fourth-order valence-corrected chi connectivity index (χ4v) is 2.25. The second-order valence-electron chi connectivity index (χ2n) is 4.43. The fourth-order valence-electron chi connectivity index (χ4n) is 2.25. The van der Waals surface area contributed by atoms with Gasteiger partial charge in [0.1, 0.15) is 0 Å². The van der Waals surface area contributed by atoms with Crippen molar-refractivity contribution in [3.63, 3.8) is 0 Å². The number of aliphatic hydroxyl groups is 1. The number of aryl methyl sites for hydroxylation is 1. The van der Waals surface area contributed by atoms with Crippen molar-refractivity contribution < 1.29 is 14.6 Å². The zero-order valence-corrected chi connectivity index (χ0v) is 11.3. The van der Waals surface area contributed by atoms with E-state index in [0.29, 0.717) is 5.56 Å². The highest BCUT2D eigenvalue weighted by Gasteiger charge is 2.11. The van der Waals surface area contributed by atoms with Gasteiger partial charge in [-0.25, -0.2) is 4.79 Å². The third-order valence-electron chi connectivity index (χ3n) is 3.25. The van der Waals surface area contributed by atoms with Crippen molar-refractivity contribution in [3.8, 4) is 5.69 Å². The maximum Gasteiger partial charge on any atom is 0.337 e. The van der Waals surface area contributed by atoms with E-state index in [4.69, 9.17) is 0 Å². The topological polar surface area (TPSA) is 51.5 Å². The first-order chi connectivity index (χ1) is 9.08. The second kappa shape index (κ2) is 5.28. The van der Waals surface area contributed by atoms with Crippen LogP contribution in [-0.4, -0.2) is 22.8 Å². The van der Waals surface area contributed by atoms with Gasteiger partial charge in [-0.3, -0.25) is 0 Å². The molecule has 100 valence electrons. The molecule has 0 spiro atoms. The van der Waals surface area contributed by atoms with Gasteiger partial charge in [0.15, 0.2) is 0 Å². The van der Waals surface area contributed by atoms with Gasteiger partial charge in [-0.05, 0) is 49.7 Å². The van der Waals surface area contributed by atoms with Crippen molar-refractivity contribution in [3.05, 3.63) is 52.8 Å². The molecule has 4 heteroatoms. The smallest absolute Gasteiger partial charge is 0.337 e. The third-order valence-corrected chi connectivity index (χ3v) is 3.25. The lowest BCUT2D eigenvalue weighted by Crippen LogP contribution is -2.03. The molecular weight excluding hydrogens is 242 g/mol. The minimum absolute atomic E-state index is 0.0277. The van der Waals surface area contributed by atoms with Gasteiger partial charge in [0.05, 0.1) is 19.3 Å². The Morgan fingerprint density at radius 1 is 1.26 bits per heavy atom. The molecular formula is C15H17NO3. The SMILES string of the molecule is COC(=O)c1ccc(-n2c(C)cc(CO)c2C)cc1. The number of esters is 1. The van der Waals surface area contributed by atoms with Gasteiger partial charge >= 0.3 is 5.97 Å². The molecule has 0 atom stereocenters. The molecule has 0 aliphatic heterocycles. The van der Waals surface area contributed by atoms with Crippen LogP contribution < -0.4 is 0 Å². The summed E-state index contributed by atoms with van der Waals surface area (Å²) in [6.07, 6.45) is 0. The van der Waals surface area contributed by atoms with Gasteiger partial charge < -0.3 is 14.4 Å². The van der Waals surface area contributed by atoms with Crippen molar-refractivity contribution in [2.24, 2.45) is 0 Å². The predicted octanol–water partition coefficient (Wildman–Crippen LogP) is 2.37. The quantitative estimate of drug-likeness (QED) is 0.861. The van der Waals surface area contributed by atoms with E-state index in [0.717, 1.165) is 22.6 Å². The largest absolute Gasteiger partial charge is 0.465 e. The van der Waals surface area contributed by atoms with Gasteiger partial charge in [0.2, 0.25) is 0 Å². The molecule has 0 aliphatic rings. The summed E-state index contributed by atoms with van der Waals surface area (Å²) in [5.74, 6) is -0.344. The molecule has 1 heterocycles. The number of rotatable bonds is 3. The average molecular weight is 259 g/mol. The highest BCUT2D eigenvalue weighted by atomic mass is 16.5. The lowest BCUT2D eigenvalue weighted by Gasteiger charge is -2.10. The normalized spacial score (nSPS) is 10.5. The number of carbonyl (C=O) groups excluding carboxylic acids is 1. The predicted molar refractivity (Wildman–Crippen MR) is 72.5 cm³/mol. The Bertz CT molecular complexity index is 597. The summed E-state index contributed by atoms with van der Waals surface area (Å²) in [4.78, 5) is 11.4. The number of ether oxygens (including phenoxy) is 1. The first-order valence-corrected chi connectivity index (χ1v) is 6.06. The van der Waals surface area contributed by atoms with Crippen LogP contribution in [0.2, 0.25) is 0 Å². The maximum atomic E-state index is 11.4. The highest BCUT2D eigenvalue weighted by Crippen LogP contribution is 2.21. The fraction of sp³-hybridized carbons (Fsp3) is 0.267. The molecule has 2 rings (SSSR count). The number of methoxy groups -OCH3 is 1. The van der Waals surface area contributed by atoms with E-state index in [2.05, 4.69) is 4.74 Å². The molecule has 0 bridgehead atoms. The second-order valence-corrected chi connectivity index (χ2v) is 4.43. The Kier molecular flexibility index (Phi) is 3.71. The van der Waals surface area contributed by atoms with E-state index < -0.39 is 0 Å². The van der Waals surface area contributed by atoms with E-state index in [1.54, 1.807) is 12.1 Å². The van der Waals surface area contributed by atoms with Gasteiger partial charge in [-0.2, -0.15) is 0 Å². The minimum Gasteiger partial charge on any atom is -0.465 e. The summed E-state index contributed by atoms with van der Waals surface area (Å²) in [6.45, 7) is 3.98. The summed E-state index contributed by atoms with van der Waals surface area (Å²) in [6, 6.07) is 9.17. The molecule has 19 heavy (non-hydrogen) atoms. The lowest BCUT2D eigenvalue weighted by atomic mass is 10.2. The summed E-state index contributed by atoms with van der Waals surface area (Å²) in [7, 11) is 1.37. The molecule has 0 radical (unpaired) electrons. The molecule has 0 saturated heterocycles. The van der Waals surface area contributed by atoms with Crippen LogP contribution in [0.3, 0.4) is 0 Å². The Labute approximate surface area is 112 Å². The van der Waals surface area contributed by atoms with E-state index in [1.165, 1.54) is 7.11 Å². The van der Waals surface area contributed by atoms with Gasteiger partial charge in [0.25, 0.3) is 0 Å². The van der Waals surface area contributed by atoms with Crippen LogP contribution in [0, 0.1) is 13.8 Å². The number of hydrogen-bond donors (Lipinski definition) is 1. The summed E-state index contributed by atoms with van der Waals surface area (Å²) < 4.78 is 6.72. The Morgan fingerprint density at radius 2 is 1.89 bits per heavy atom. The lowest BCUT2D eigenvalue weighted by molar-refractivity contribution is 0.0601.